The predicted octanol–water partition coefficient (Wildman–Crippen LogP) is 3.16. The molecule has 3 N–H and O–H groups in total. The van der Waals surface area contributed by atoms with Crippen LogP contribution in [0.3, 0.4) is 0 Å². The van der Waals surface area contributed by atoms with E-state index in [1.54, 1.807) is 12.1 Å². The number of hydrogen-bond acceptors (Lipinski definition) is 3. The minimum absolute atomic E-state index is 0.0176. The van der Waals surface area contributed by atoms with Crippen LogP contribution in [0.2, 0.25) is 0 Å². The summed E-state index contributed by atoms with van der Waals surface area (Å²) >= 11 is 0. The Morgan fingerprint density at radius 2 is 2.04 bits per heavy atom. The van der Waals surface area contributed by atoms with Crippen molar-refractivity contribution in [1.29, 1.82) is 0 Å². The first-order chi connectivity index (χ1) is 11.1. The van der Waals surface area contributed by atoms with Gasteiger partial charge in [-0.2, -0.15) is 0 Å². The van der Waals surface area contributed by atoms with Crippen molar-refractivity contribution in [3.63, 3.8) is 0 Å². The summed E-state index contributed by atoms with van der Waals surface area (Å²) in [6.07, 6.45) is 7.87. The Kier molecular flexibility index (Phi) is 15.8. The molecule has 0 aliphatic rings. The van der Waals surface area contributed by atoms with Crippen LogP contribution in [0.4, 0.5) is 0 Å². The van der Waals surface area contributed by atoms with Crippen LogP contribution in [0.15, 0.2) is 43.0 Å². The van der Waals surface area contributed by atoms with Crippen LogP contribution < -0.4 is 11.1 Å². The summed E-state index contributed by atoms with van der Waals surface area (Å²) in [4.78, 5) is 24.7. The van der Waals surface area contributed by atoms with Crippen LogP contribution in [0.1, 0.15) is 49.8 Å². The van der Waals surface area contributed by atoms with E-state index in [9.17, 15) is 4.79 Å². The molecule has 1 atom stereocenters. The van der Waals surface area contributed by atoms with Crippen molar-refractivity contribution in [3.05, 3.63) is 54.4 Å². The number of carbonyl (C=O) groups is 2. The number of aryl methyl sites for hydroxylation is 1. The normalized spacial score (nSPS) is 10.4. The van der Waals surface area contributed by atoms with Gasteiger partial charge in [-0.05, 0) is 38.8 Å². The fraction of sp³-hybridized carbons (Fsp3) is 0.389. The Bertz CT molecular complexity index is 485. The monoisotopic (exact) mass is 319 g/mol. The highest BCUT2D eigenvalue weighted by molar-refractivity contribution is 5.92. The van der Waals surface area contributed by atoms with Crippen LogP contribution in [0, 0.1) is 6.92 Å². The molecule has 0 aliphatic heterocycles. The summed E-state index contributed by atoms with van der Waals surface area (Å²) in [5.74, 6) is -0.149. The van der Waals surface area contributed by atoms with Gasteiger partial charge in [-0.15, -0.1) is 6.58 Å². The zero-order valence-corrected chi connectivity index (χ0v) is 14.6. The number of primary amides is 1. The Hall–Kier alpha value is -2.43. The number of nitrogens with one attached hydrogen (secondary N) is 1. The third kappa shape index (κ3) is 11.9. The molecule has 1 unspecified atom stereocenters. The molecule has 0 saturated carbocycles. The van der Waals surface area contributed by atoms with Crippen molar-refractivity contribution < 1.29 is 9.59 Å². The number of carbonyl (C=O) groups excluding carboxylic acids is 2. The predicted molar refractivity (Wildman–Crippen MR) is 96.1 cm³/mol. The van der Waals surface area contributed by atoms with Crippen molar-refractivity contribution in [2.75, 3.05) is 0 Å². The second kappa shape index (κ2) is 15.9. The summed E-state index contributed by atoms with van der Waals surface area (Å²) < 4.78 is 0. The molecule has 128 valence electrons. The smallest absolute Gasteiger partial charge is 0.270 e. The highest BCUT2D eigenvalue weighted by Gasteiger charge is 2.11. The lowest BCUT2D eigenvalue weighted by atomic mass is 10.1. The van der Waals surface area contributed by atoms with Crippen LogP contribution >= 0.6 is 0 Å². The quantitative estimate of drug-likeness (QED) is 0.624. The van der Waals surface area contributed by atoms with E-state index in [0.717, 1.165) is 18.5 Å². The molecule has 23 heavy (non-hydrogen) atoms. The Morgan fingerprint density at radius 3 is 2.52 bits per heavy atom. The first kappa shape index (κ1) is 22.8. The van der Waals surface area contributed by atoms with E-state index in [1.807, 2.05) is 45.9 Å². The molecule has 0 spiro atoms. The van der Waals surface area contributed by atoms with E-state index in [1.165, 1.54) is 0 Å². The first-order valence-corrected chi connectivity index (χ1v) is 7.72. The van der Waals surface area contributed by atoms with Gasteiger partial charge in [0.2, 0.25) is 6.41 Å². The van der Waals surface area contributed by atoms with E-state index in [2.05, 4.69) is 28.7 Å². The van der Waals surface area contributed by atoms with E-state index in [-0.39, 0.29) is 18.4 Å². The zero-order chi connectivity index (χ0) is 18.1. The number of allylic oxidation sites excluding steroid dienone is 2. The zero-order valence-electron chi connectivity index (χ0n) is 14.6. The highest BCUT2D eigenvalue weighted by atomic mass is 16.2. The fourth-order valence-electron chi connectivity index (χ4n) is 1.60. The number of aromatic nitrogens is 1. The SMILES string of the molecule is C=CC(CC/C=C\C)NC(=O)c1cccc(C)n1.CC.NC=O. The number of nitrogens with two attached hydrogens (primary N) is 1. The van der Waals surface area contributed by atoms with E-state index < -0.39 is 0 Å². The summed E-state index contributed by atoms with van der Waals surface area (Å²) in [5, 5.41) is 2.92. The van der Waals surface area contributed by atoms with Crippen LogP contribution in [-0.2, 0) is 4.79 Å². The summed E-state index contributed by atoms with van der Waals surface area (Å²) in [7, 11) is 0. The molecule has 1 aromatic heterocycles. The van der Waals surface area contributed by atoms with Gasteiger partial charge in [0, 0.05) is 11.7 Å². The Morgan fingerprint density at radius 1 is 1.43 bits per heavy atom. The minimum atomic E-state index is -0.149. The minimum Gasteiger partial charge on any atom is -0.372 e. The van der Waals surface area contributed by atoms with Gasteiger partial charge in [-0.1, -0.05) is 38.1 Å². The van der Waals surface area contributed by atoms with Crippen LogP contribution in [-0.4, -0.2) is 23.3 Å². The number of nitrogens with zero attached hydrogens (tertiary/aromatic N) is 1. The van der Waals surface area contributed by atoms with E-state index in [4.69, 9.17) is 4.79 Å². The molecule has 0 radical (unpaired) electrons. The molecule has 1 heterocycles. The molecule has 0 fully saturated rings. The number of hydrogen-bond donors (Lipinski definition) is 2. The maximum absolute atomic E-state index is 12.0. The van der Waals surface area contributed by atoms with Crippen molar-refractivity contribution in [1.82, 2.24) is 10.3 Å². The molecule has 0 bridgehead atoms. The van der Waals surface area contributed by atoms with Gasteiger partial charge in [0.1, 0.15) is 5.69 Å². The molecule has 5 nitrogen and oxygen atoms in total. The molecule has 2 amide bonds. The van der Waals surface area contributed by atoms with Crippen molar-refractivity contribution >= 4 is 12.3 Å². The third-order valence-electron chi connectivity index (χ3n) is 2.60. The summed E-state index contributed by atoms with van der Waals surface area (Å²) in [6, 6.07) is 5.40. The number of rotatable bonds is 6. The highest BCUT2D eigenvalue weighted by Crippen LogP contribution is 2.03. The second-order valence-electron chi connectivity index (χ2n) is 4.26. The number of pyridine rings is 1. The fourth-order valence-corrected chi connectivity index (χ4v) is 1.60. The molecular weight excluding hydrogens is 290 g/mol. The lowest BCUT2D eigenvalue weighted by Gasteiger charge is -2.13. The lowest BCUT2D eigenvalue weighted by molar-refractivity contribution is -0.106. The van der Waals surface area contributed by atoms with Gasteiger partial charge in [-0.25, -0.2) is 4.98 Å². The molecule has 0 aromatic carbocycles. The van der Waals surface area contributed by atoms with Gasteiger partial charge in [-0.3, -0.25) is 9.59 Å². The van der Waals surface area contributed by atoms with E-state index >= 15 is 0 Å². The Labute approximate surface area is 139 Å². The second-order valence-corrected chi connectivity index (χ2v) is 4.26. The van der Waals surface area contributed by atoms with Gasteiger partial charge in [0.15, 0.2) is 0 Å². The lowest BCUT2D eigenvalue weighted by Crippen LogP contribution is -2.33. The maximum Gasteiger partial charge on any atom is 0.270 e. The molecule has 5 heteroatoms. The van der Waals surface area contributed by atoms with E-state index in [0.29, 0.717) is 5.69 Å². The van der Waals surface area contributed by atoms with Gasteiger partial charge >= 0.3 is 0 Å². The summed E-state index contributed by atoms with van der Waals surface area (Å²) in [5.41, 5.74) is 5.46. The first-order valence-electron chi connectivity index (χ1n) is 7.72. The topological polar surface area (TPSA) is 85.1 Å². The largest absolute Gasteiger partial charge is 0.372 e. The average molecular weight is 319 g/mol. The number of amides is 2. The molecule has 1 aromatic rings. The average Bonchev–Trinajstić information content (AvgIpc) is 2.56. The van der Waals surface area contributed by atoms with Crippen LogP contribution in [0.25, 0.3) is 0 Å². The van der Waals surface area contributed by atoms with Crippen molar-refractivity contribution in [2.24, 2.45) is 5.73 Å². The van der Waals surface area contributed by atoms with Gasteiger partial charge in [0.25, 0.3) is 5.91 Å². The van der Waals surface area contributed by atoms with Crippen molar-refractivity contribution in [3.8, 4) is 0 Å². The summed E-state index contributed by atoms with van der Waals surface area (Å²) in [6.45, 7) is 11.6. The van der Waals surface area contributed by atoms with Gasteiger partial charge < -0.3 is 11.1 Å². The third-order valence-corrected chi connectivity index (χ3v) is 2.60. The van der Waals surface area contributed by atoms with Crippen LogP contribution in [0.5, 0.6) is 0 Å². The molecular formula is C18H29N3O2. The molecule has 0 saturated heterocycles. The van der Waals surface area contributed by atoms with Crippen molar-refractivity contribution in [2.45, 2.75) is 46.6 Å². The molecule has 0 aliphatic carbocycles. The van der Waals surface area contributed by atoms with Gasteiger partial charge in [0.05, 0.1) is 0 Å². The maximum atomic E-state index is 12.0. The standard InChI is InChI=1S/C15H20N2O.C2H6.CH3NO/c1-4-6-7-10-13(5-2)17-15(18)14-11-8-9-12(3)16-14;1-2;2-1-3/h4-6,8-9,11,13H,2,7,10H2,1,3H3,(H,17,18);1-2H3;1H,(H2,2,3)/b6-4-;;. The Balaban J connectivity index is 0. The molecule has 1 rings (SSSR count).